The van der Waals surface area contributed by atoms with Gasteiger partial charge in [0.2, 0.25) is 0 Å². The van der Waals surface area contributed by atoms with Crippen molar-refractivity contribution in [2.45, 2.75) is 19.0 Å². The maximum absolute atomic E-state index is 14.2. The van der Waals surface area contributed by atoms with Crippen molar-refractivity contribution >= 4 is 15.9 Å². The Balaban J connectivity index is 2.29. The van der Waals surface area contributed by atoms with Crippen molar-refractivity contribution in [3.8, 4) is 0 Å². The molecule has 1 aliphatic heterocycles. The normalized spacial score (nSPS) is 22.5. The van der Waals surface area contributed by atoms with E-state index >= 15 is 0 Å². The Morgan fingerprint density at radius 1 is 1.35 bits per heavy atom. The van der Waals surface area contributed by atoms with E-state index in [-0.39, 0.29) is 10.4 Å². The summed E-state index contributed by atoms with van der Waals surface area (Å²) in [6.07, 6.45) is -0.109. The van der Waals surface area contributed by atoms with Crippen molar-refractivity contribution < 1.29 is 13.2 Å². The van der Waals surface area contributed by atoms with E-state index in [1.54, 1.807) is 0 Å². The smallest absolute Gasteiger partial charge is 0.146 e. The van der Waals surface area contributed by atoms with Gasteiger partial charge in [-0.3, -0.25) is 0 Å². The quantitative estimate of drug-likeness (QED) is 0.821. The largest absolute Gasteiger partial charge is 0.316 e. The molecule has 2 rings (SSSR count). The van der Waals surface area contributed by atoms with Crippen LogP contribution in [0.2, 0.25) is 0 Å². The van der Waals surface area contributed by atoms with Crippen molar-refractivity contribution in [3.05, 3.63) is 33.8 Å². The van der Waals surface area contributed by atoms with Crippen molar-refractivity contribution in [1.82, 2.24) is 5.32 Å². The molecule has 94 valence electrons. The minimum absolute atomic E-state index is 0.0975. The number of piperidine rings is 1. The molecule has 0 amide bonds. The van der Waals surface area contributed by atoms with Crippen molar-refractivity contribution in [3.63, 3.8) is 0 Å². The zero-order valence-corrected chi connectivity index (χ0v) is 10.7. The average Bonchev–Trinajstić information content (AvgIpc) is 2.35. The molecular formula is C12H13BrF3N. The Labute approximate surface area is 107 Å². The van der Waals surface area contributed by atoms with Crippen LogP contribution in [0.4, 0.5) is 13.2 Å². The first-order valence-corrected chi connectivity index (χ1v) is 6.38. The lowest BCUT2D eigenvalue weighted by molar-refractivity contribution is 0.184. The standard InChI is InChI=1S/C12H13BrF3N/c13-8-3-4-9(14)10(12(8)16)11(15)7-2-1-5-17-6-7/h3-4,7,11,17H,1-2,5-6H2. The molecule has 1 aliphatic rings. The molecule has 2 unspecified atom stereocenters. The molecule has 0 aliphatic carbocycles. The van der Waals surface area contributed by atoms with Gasteiger partial charge in [0.25, 0.3) is 0 Å². The van der Waals surface area contributed by atoms with E-state index in [0.717, 1.165) is 19.0 Å². The van der Waals surface area contributed by atoms with Gasteiger partial charge in [0.05, 0.1) is 10.0 Å². The van der Waals surface area contributed by atoms with E-state index in [0.29, 0.717) is 13.0 Å². The summed E-state index contributed by atoms with van der Waals surface area (Å²) >= 11 is 2.95. The summed E-state index contributed by atoms with van der Waals surface area (Å²) in [5, 5.41) is 3.04. The number of halogens is 4. The third kappa shape index (κ3) is 2.65. The topological polar surface area (TPSA) is 12.0 Å². The zero-order valence-electron chi connectivity index (χ0n) is 9.15. The average molecular weight is 308 g/mol. The number of hydrogen-bond acceptors (Lipinski definition) is 1. The van der Waals surface area contributed by atoms with Crippen LogP contribution >= 0.6 is 15.9 Å². The number of nitrogens with one attached hydrogen (secondary N) is 1. The Morgan fingerprint density at radius 3 is 2.76 bits per heavy atom. The Hall–Kier alpha value is -0.550. The molecule has 0 bridgehead atoms. The van der Waals surface area contributed by atoms with Crippen LogP contribution in [0.3, 0.4) is 0 Å². The number of benzene rings is 1. The van der Waals surface area contributed by atoms with E-state index in [1.165, 1.54) is 6.07 Å². The highest BCUT2D eigenvalue weighted by atomic mass is 79.9. The van der Waals surface area contributed by atoms with Gasteiger partial charge in [-0.15, -0.1) is 0 Å². The number of rotatable bonds is 2. The van der Waals surface area contributed by atoms with Gasteiger partial charge < -0.3 is 5.32 Å². The predicted molar refractivity (Wildman–Crippen MR) is 63.5 cm³/mol. The third-order valence-corrected chi connectivity index (χ3v) is 3.72. The van der Waals surface area contributed by atoms with Crippen molar-refractivity contribution in [2.24, 2.45) is 5.92 Å². The predicted octanol–water partition coefficient (Wildman–Crippen LogP) is 3.74. The molecule has 1 N–H and O–H groups in total. The SMILES string of the molecule is Fc1ccc(Br)c(F)c1C(F)C1CCCNC1. The van der Waals surface area contributed by atoms with Crippen LogP contribution in [0.15, 0.2) is 16.6 Å². The monoisotopic (exact) mass is 307 g/mol. The summed E-state index contributed by atoms with van der Waals surface area (Å²) in [5.41, 5.74) is -0.451. The van der Waals surface area contributed by atoms with Crippen LogP contribution < -0.4 is 5.32 Å². The maximum atomic E-state index is 14.2. The van der Waals surface area contributed by atoms with Gasteiger partial charge in [-0.1, -0.05) is 0 Å². The van der Waals surface area contributed by atoms with Gasteiger partial charge in [-0.05, 0) is 47.4 Å². The second-order valence-electron chi connectivity index (χ2n) is 4.27. The zero-order chi connectivity index (χ0) is 12.4. The van der Waals surface area contributed by atoms with Crippen molar-refractivity contribution in [2.75, 3.05) is 13.1 Å². The van der Waals surface area contributed by atoms with Gasteiger partial charge in [-0.25, -0.2) is 13.2 Å². The second-order valence-corrected chi connectivity index (χ2v) is 5.12. The lowest BCUT2D eigenvalue weighted by atomic mass is 9.90. The number of hydrogen-bond donors (Lipinski definition) is 1. The van der Waals surface area contributed by atoms with Crippen LogP contribution in [0.1, 0.15) is 24.6 Å². The van der Waals surface area contributed by atoms with Crippen LogP contribution in [0.25, 0.3) is 0 Å². The molecule has 0 saturated carbocycles. The first-order chi connectivity index (χ1) is 8.11. The van der Waals surface area contributed by atoms with E-state index in [4.69, 9.17) is 0 Å². The summed E-state index contributed by atoms with van der Waals surface area (Å²) in [6, 6.07) is 2.34. The number of alkyl halides is 1. The fraction of sp³-hybridized carbons (Fsp3) is 0.500. The molecule has 17 heavy (non-hydrogen) atoms. The Kier molecular flexibility index (Phi) is 4.09. The summed E-state index contributed by atoms with van der Waals surface area (Å²) in [6.45, 7) is 1.30. The van der Waals surface area contributed by atoms with Gasteiger partial charge in [0.1, 0.15) is 17.8 Å². The molecule has 0 radical (unpaired) electrons. The maximum Gasteiger partial charge on any atom is 0.146 e. The fourth-order valence-electron chi connectivity index (χ4n) is 2.16. The van der Waals surface area contributed by atoms with E-state index in [9.17, 15) is 13.2 Å². The first kappa shape index (κ1) is 12.9. The second kappa shape index (κ2) is 5.40. The van der Waals surface area contributed by atoms with Gasteiger partial charge in [0.15, 0.2) is 0 Å². The van der Waals surface area contributed by atoms with Crippen LogP contribution in [-0.4, -0.2) is 13.1 Å². The highest BCUT2D eigenvalue weighted by molar-refractivity contribution is 9.10. The molecule has 5 heteroatoms. The van der Waals surface area contributed by atoms with E-state index in [1.807, 2.05) is 0 Å². The van der Waals surface area contributed by atoms with E-state index < -0.39 is 23.4 Å². The van der Waals surface area contributed by atoms with Crippen LogP contribution in [-0.2, 0) is 0 Å². The summed E-state index contributed by atoms with van der Waals surface area (Å²) < 4.78 is 41.5. The molecule has 1 saturated heterocycles. The molecule has 1 nitrogen and oxygen atoms in total. The molecule has 1 heterocycles. The molecule has 0 spiro atoms. The van der Waals surface area contributed by atoms with Crippen LogP contribution in [0, 0.1) is 17.6 Å². The Bertz CT molecular complexity index is 405. The minimum Gasteiger partial charge on any atom is -0.316 e. The fourth-order valence-corrected chi connectivity index (χ4v) is 2.51. The van der Waals surface area contributed by atoms with Gasteiger partial charge in [0, 0.05) is 12.5 Å². The molecule has 0 aromatic heterocycles. The third-order valence-electron chi connectivity index (χ3n) is 3.10. The van der Waals surface area contributed by atoms with Gasteiger partial charge in [-0.2, -0.15) is 0 Å². The lowest BCUT2D eigenvalue weighted by Gasteiger charge is -2.26. The van der Waals surface area contributed by atoms with Crippen LogP contribution in [0.5, 0.6) is 0 Å². The minimum atomic E-state index is -1.60. The summed E-state index contributed by atoms with van der Waals surface area (Å²) in [4.78, 5) is 0. The summed E-state index contributed by atoms with van der Waals surface area (Å²) in [5.74, 6) is -2.01. The highest BCUT2D eigenvalue weighted by Gasteiger charge is 2.30. The Morgan fingerprint density at radius 2 is 2.12 bits per heavy atom. The first-order valence-electron chi connectivity index (χ1n) is 5.59. The summed E-state index contributed by atoms with van der Waals surface area (Å²) in [7, 11) is 0. The lowest BCUT2D eigenvalue weighted by Crippen LogP contribution is -2.32. The van der Waals surface area contributed by atoms with E-state index in [2.05, 4.69) is 21.2 Å². The van der Waals surface area contributed by atoms with Gasteiger partial charge >= 0.3 is 0 Å². The molecular weight excluding hydrogens is 295 g/mol. The highest BCUT2D eigenvalue weighted by Crippen LogP contribution is 2.35. The molecule has 1 aromatic carbocycles. The molecule has 1 fully saturated rings. The molecule has 1 aromatic rings. The van der Waals surface area contributed by atoms with Crippen molar-refractivity contribution in [1.29, 1.82) is 0 Å². The molecule has 2 atom stereocenters.